The summed E-state index contributed by atoms with van der Waals surface area (Å²) in [5.74, 6) is 0. The molecule has 0 N–H and O–H groups in total. The maximum Gasteiger partial charge on any atom is 0.0540 e. The number of fused-ring (bicyclic) bond motifs is 10. The zero-order valence-corrected chi connectivity index (χ0v) is 28.1. The summed E-state index contributed by atoms with van der Waals surface area (Å²) in [7, 11) is 0. The van der Waals surface area contributed by atoms with Gasteiger partial charge in [-0.15, -0.1) is 11.3 Å². The van der Waals surface area contributed by atoms with Crippen LogP contribution in [0.2, 0.25) is 0 Å². The minimum Gasteiger partial charge on any atom is -0.309 e. The lowest BCUT2D eigenvalue weighted by Crippen LogP contribution is -1.98. The molecule has 0 saturated carbocycles. The van der Waals surface area contributed by atoms with E-state index in [1.54, 1.807) is 0 Å². The van der Waals surface area contributed by atoms with Crippen molar-refractivity contribution in [2.24, 2.45) is 0 Å². The topological polar surface area (TPSA) is 4.93 Å². The van der Waals surface area contributed by atoms with Crippen molar-refractivity contribution in [1.82, 2.24) is 4.57 Å². The number of nitrogens with zero attached hydrogens (tertiary/aromatic N) is 1. The molecular formula is C48H31NS. The Hall–Kier alpha value is -6.22. The fourth-order valence-corrected chi connectivity index (χ4v) is 9.01. The van der Waals surface area contributed by atoms with Crippen LogP contribution in [0.4, 0.5) is 0 Å². The van der Waals surface area contributed by atoms with Gasteiger partial charge in [0, 0.05) is 36.6 Å². The van der Waals surface area contributed by atoms with Gasteiger partial charge < -0.3 is 4.57 Å². The van der Waals surface area contributed by atoms with Crippen molar-refractivity contribution in [2.45, 2.75) is 0 Å². The Labute approximate surface area is 294 Å². The highest BCUT2D eigenvalue weighted by atomic mass is 32.1. The van der Waals surface area contributed by atoms with Gasteiger partial charge in [0.15, 0.2) is 0 Å². The van der Waals surface area contributed by atoms with Gasteiger partial charge in [0.1, 0.15) is 0 Å². The molecule has 10 aromatic rings. The van der Waals surface area contributed by atoms with Crippen LogP contribution in [0.1, 0.15) is 0 Å². The van der Waals surface area contributed by atoms with Gasteiger partial charge in [-0.05, 0) is 80.2 Å². The highest BCUT2D eigenvalue weighted by Crippen LogP contribution is 2.41. The zero-order chi connectivity index (χ0) is 33.0. The van der Waals surface area contributed by atoms with E-state index < -0.39 is 0 Å². The second-order valence-corrected chi connectivity index (χ2v) is 13.9. The lowest BCUT2D eigenvalue weighted by molar-refractivity contribution is 1.17. The van der Waals surface area contributed by atoms with Crippen molar-refractivity contribution < 1.29 is 0 Å². The molecule has 0 spiro atoms. The summed E-state index contributed by atoms with van der Waals surface area (Å²) in [6.45, 7) is 0. The summed E-state index contributed by atoms with van der Waals surface area (Å²) in [4.78, 5) is 0. The zero-order valence-electron chi connectivity index (χ0n) is 27.3. The van der Waals surface area contributed by atoms with E-state index in [0.717, 1.165) is 16.7 Å². The number of rotatable bonds is 3. The monoisotopic (exact) mass is 653 g/mol. The van der Waals surface area contributed by atoms with E-state index in [4.69, 9.17) is 0 Å². The smallest absolute Gasteiger partial charge is 0.0540 e. The summed E-state index contributed by atoms with van der Waals surface area (Å²) in [6, 6.07) is 68.8. The van der Waals surface area contributed by atoms with Crippen LogP contribution >= 0.6 is 11.3 Å². The molecule has 2 heterocycles. The molecule has 10 rings (SSSR count). The van der Waals surface area contributed by atoms with E-state index in [1.165, 1.54) is 74.7 Å². The molecule has 50 heavy (non-hydrogen) atoms. The predicted octanol–water partition coefficient (Wildman–Crippen LogP) is 13.9. The van der Waals surface area contributed by atoms with Crippen molar-refractivity contribution in [1.29, 1.82) is 0 Å². The Balaban J connectivity index is 1.24. The molecule has 0 fully saturated rings. The van der Waals surface area contributed by atoms with Crippen LogP contribution in [0.3, 0.4) is 0 Å². The molecule has 0 saturated heterocycles. The first-order valence-corrected chi connectivity index (χ1v) is 17.9. The molecule has 0 unspecified atom stereocenters. The predicted molar refractivity (Wildman–Crippen MR) is 217 cm³/mol. The number of benzene rings is 8. The maximum absolute atomic E-state index is 2.45. The quantitative estimate of drug-likeness (QED) is 0.179. The van der Waals surface area contributed by atoms with Gasteiger partial charge in [0.05, 0.1) is 11.0 Å². The number of thiophene rings is 1. The summed E-state index contributed by atoms with van der Waals surface area (Å²) in [6.07, 6.45) is 0. The molecule has 0 atom stereocenters. The second-order valence-electron chi connectivity index (χ2n) is 12.9. The van der Waals surface area contributed by atoms with Gasteiger partial charge in [0.2, 0.25) is 0 Å². The number of para-hydroxylation sites is 2. The lowest BCUT2D eigenvalue weighted by atomic mass is 9.97. The average molecular weight is 654 g/mol. The third-order valence-corrected chi connectivity index (χ3v) is 11.2. The third-order valence-electron chi connectivity index (χ3n) is 10.0. The molecule has 8 aromatic carbocycles. The van der Waals surface area contributed by atoms with Gasteiger partial charge in [-0.3, -0.25) is 0 Å². The SMILES string of the molecule is c1cc(-c2cccc(-n3c4ccccc4c4ccccc4c4ccccc4c4ccccc43)c2)cc(-c2cccc3c2sc2ccccc23)c1. The molecule has 0 radical (unpaired) electrons. The normalized spacial score (nSPS) is 11.6. The summed E-state index contributed by atoms with van der Waals surface area (Å²) >= 11 is 1.88. The van der Waals surface area contributed by atoms with Gasteiger partial charge in [-0.1, -0.05) is 152 Å². The van der Waals surface area contributed by atoms with Crippen molar-refractivity contribution in [2.75, 3.05) is 0 Å². The highest BCUT2D eigenvalue weighted by Gasteiger charge is 2.13. The molecule has 0 aliphatic rings. The molecule has 0 amide bonds. The summed E-state index contributed by atoms with van der Waals surface area (Å²) < 4.78 is 5.12. The molecule has 2 heteroatoms. The van der Waals surface area contributed by atoms with E-state index in [1.807, 2.05) is 11.3 Å². The lowest BCUT2D eigenvalue weighted by Gasteiger charge is -2.15. The summed E-state index contributed by atoms with van der Waals surface area (Å²) in [5, 5.41) is 10.0. The molecule has 0 aliphatic carbocycles. The minimum atomic E-state index is 1.12. The first-order valence-electron chi connectivity index (χ1n) is 17.1. The first kappa shape index (κ1) is 28.8. The number of aromatic nitrogens is 1. The third kappa shape index (κ3) is 4.61. The van der Waals surface area contributed by atoms with Gasteiger partial charge >= 0.3 is 0 Å². The largest absolute Gasteiger partial charge is 0.309 e. The number of hydrogen-bond donors (Lipinski definition) is 0. The number of hydrogen-bond acceptors (Lipinski definition) is 1. The molecule has 0 aliphatic heterocycles. The van der Waals surface area contributed by atoms with E-state index in [9.17, 15) is 0 Å². The molecule has 0 bridgehead atoms. The van der Waals surface area contributed by atoms with E-state index in [0.29, 0.717) is 0 Å². The van der Waals surface area contributed by atoms with E-state index in [-0.39, 0.29) is 0 Å². The van der Waals surface area contributed by atoms with Gasteiger partial charge in [-0.2, -0.15) is 0 Å². The fraction of sp³-hybridized carbons (Fsp3) is 0. The maximum atomic E-state index is 2.45. The Morgan fingerprint density at radius 1 is 0.320 bits per heavy atom. The minimum absolute atomic E-state index is 1.12. The van der Waals surface area contributed by atoms with E-state index >= 15 is 0 Å². The van der Waals surface area contributed by atoms with Crippen LogP contribution < -0.4 is 0 Å². The van der Waals surface area contributed by atoms with Crippen LogP contribution in [-0.2, 0) is 0 Å². The Morgan fingerprint density at radius 2 is 0.780 bits per heavy atom. The summed E-state index contributed by atoms with van der Waals surface area (Å²) in [5.41, 5.74) is 8.33. The Bertz CT molecular complexity index is 2890. The highest BCUT2D eigenvalue weighted by molar-refractivity contribution is 7.26. The van der Waals surface area contributed by atoms with Gasteiger partial charge in [0.25, 0.3) is 0 Å². The average Bonchev–Trinajstić information content (AvgIpc) is 3.59. The molecule has 234 valence electrons. The van der Waals surface area contributed by atoms with Crippen LogP contribution in [0.25, 0.3) is 91.5 Å². The van der Waals surface area contributed by atoms with Crippen molar-refractivity contribution in [3.05, 3.63) is 188 Å². The van der Waals surface area contributed by atoms with Gasteiger partial charge in [-0.25, -0.2) is 0 Å². The Morgan fingerprint density at radius 3 is 1.44 bits per heavy atom. The van der Waals surface area contributed by atoms with Crippen LogP contribution in [0.5, 0.6) is 0 Å². The molecule has 1 nitrogen and oxygen atoms in total. The second kappa shape index (κ2) is 11.7. The van der Waals surface area contributed by atoms with Crippen LogP contribution in [0, 0.1) is 0 Å². The first-order chi connectivity index (χ1) is 24.8. The fourth-order valence-electron chi connectivity index (χ4n) is 7.77. The van der Waals surface area contributed by atoms with Crippen molar-refractivity contribution in [3.8, 4) is 27.9 Å². The molecule has 2 aromatic heterocycles. The van der Waals surface area contributed by atoms with Crippen LogP contribution in [-0.4, -0.2) is 4.57 Å². The van der Waals surface area contributed by atoms with Crippen molar-refractivity contribution >= 4 is 74.9 Å². The van der Waals surface area contributed by atoms with Crippen molar-refractivity contribution in [3.63, 3.8) is 0 Å². The van der Waals surface area contributed by atoms with E-state index in [2.05, 4.69) is 193 Å². The molecular weight excluding hydrogens is 623 g/mol. The standard InChI is InChI=1S/C48H31NS/c1-3-20-39-37(18-1)38-19-2-4-21-40(38)42-23-6-9-28-46(42)49(45-27-8-5-22-41(39)45)35-17-12-15-33(31-35)32-14-11-16-34(30-32)36-25-13-26-44-43-24-7-10-29-47(43)50-48(36)44/h1-31H. The van der Waals surface area contributed by atoms with Crippen LogP contribution in [0.15, 0.2) is 188 Å². The Kier molecular flexibility index (Phi) is 6.75.